The predicted octanol–water partition coefficient (Wildman–Crippen LogP) is 6.60. The number of hydrogen-bond donors (Lipinski definition) is 6. The van der Waals surface area contributed by atoms with Crippen molar-refractivity contribution in [3.8, 4) is 0 Å². The molecule has 1 aliphatic heterocycles. The molecule has 6 N–H and O–H groups in total. The van der Waals surface area contributed by atoms with E-state index in [9.17, 15) is 33.6 Å². The van der Waals surface area contributed by atoms with Gasteiger partial charge in [-0.25, -0.2) is 4.18 Å². The number of aliphatic hydroxyl groups excluding tert-OH is 4. The fraction of sp³-hybridized carbons (Fsp3) is 0.872. The van der Waals surface area contributed by atoms with Crippen molar-refractivity contribution in [1.29, 1.82) is 0 Å². The first-order valence-electron chi connectivity index (χ1n) is 20.2. The number of rotatable bonds is 33. The Morgan fingerprint density at radius 2 is 1.27 bits per heavy atom. The number of unbranched alkanes of at least 4 members (excludes halogenated alkanes) is 18. The van der Waals surface area contributed by atoms with E-state index in [0.29, 0.717) is 12.8 Å². The maximum atomic E-state index is 12.9. The molecule has 0 aromatic heterocycles. The minimum absolute atomic E-state index is 0.245. The topological polar surface area (TPSA) is 192 Å². The molecule has 0 aromatic rings. The van der Waals surface area contributed by atoms with Crippen molar-refractivity contribution in [2.24, 2.45) is 0 Å². The fourth-order valence-electron chi connectivity index (χ4n) is 6.33. The van der Waals surface area contributed by atoms with E-state index in [1.54, 1.807) is 0 Å². The predicted molar refractivity (Wildman–Crippen MR) is 204 cm³/mol. The number of hydrogen-bond acceptors (Lipinski definition) is 10. The highest BCUT2D eigenvalue weighted by Gasteiger charge is 2.48. The van der Waals surface area contributed by atoms with Crippen molar-refractivity contribution in [3.05, 3.63) is 24.3 Å². The second-order valence-corrected chi connectivity index (χ2v) is 15.3. The summed E-state index contributed by atoms with van der Waals surface area (Å²) >= 11 is 0. The maximum Gasteiger partial charge on any atom is 0.397 e. The average molecular weight is 764 g/mol. The van der Waals surface area contributed by atoms with E-state index < -0.39 is 59.9 Å². The van der Waals surface area contributed by atoms with Gasteiger partial charge in [-0.05, 0) is 38.5 Å². The number of allylic oxidation sites excluding steroid dienone is 4. The lowest BCUT2D eigenvalue weighted by Crippen LogP contribution is -2.61. The summed E-state index contributed by atoms with van der Waals surface area (Å²) in [6.07, 6.45) is 23.3. The van der Waals surface area contributed by atoms with Crippen molar-refractivity contribution in [2.75, 3.05) is 13.2 Å². The van der Waals surface area contributed by atoms with Crippen molar-refractivity contribution in [3.63, 3.8) is 0 Å². The molecule has 1 aliphatic rings. The molecule has 0 spiro atoms. The first kappa shape index (κ1) is 48.6. The Morgan fingerprint density at radius 3 is 1.83 bits per heavy atom. The molecule has 0 bridgehead atoms. The monoisotopic (exact) mass is 763 g/mol. The molecule has 1 heterocycles. The third-order valence-corrected chi connectivity index (χ3v) is 10.0. The number of amides is 1. The molecule has 0 radical (unpaired) electrons. The van der Waals surface area contributed by atoms with Crippen LogP contribution in [0.3, 0.4) is 0 Å². The summed E-state index contributed by atoms with van der Waals surface area (Å²) in [6, 6.07) is -0.860. The Bertz CT molecular complexity index is 1040. The molecule has 1 amide bonds. The third-order valence-electron chi connectivity index (χ3n) is 9.54. The van der Waals surface area contributed by atoms with E-state index in [1.165, 1.54) is 57.8 Å². The quantitative estimate of drug-likeness (QED) is 0.0240. The summed E-state index contributed by atoms with van der Waals surface area (Å²) in [5.74, 6) is -0.245. The van der Waals surface area contributed by atoms with Crippen LogP contribution in [0.4, 0.5) is 0 Å². The van der Waals surface area contributed by atoms with Crippen LogP contribution in [0.1, 0.15) is 162 Å². The molecule has 13 heteroatoms. The van der Waals surface area contributed by atoms with Crippen molar-refractivity contribution in [1.82, 2.24) is 5.32 Å². The number of ether oxygens (including phenoxy) is 2. The van der Waals surface area contributed by atoms with Crippen LogP contribution >= 0.6 is 0 Å². The Kier molecular flexibility index (Phi) is 28.8. The smallest absolute Gasteiger partial charge is 0.394 e. The summed E-state index contributed by atoms with van der Waals surface area (Å²) in [5.41, 5.74) is 0. The minimum Gasteiger partial charge on any atom is -0.394 e. The first-order valence-corrected chi connectivity index (χ1v) is 21.6. The lowest BCUT2D eigenvalue weighted by molar-refractivity contribution is -0.298. The molecular formula is C39H73NO11S. The summed E-state index contributed by atoms with van der Waals surface area (Å²) in [7, 11) is -5.07. The van der Waals surface area contributed by atoms with Gasteiger partial charge in [0.2, 0.25) is 5.91 Å². The third kappa shape index (κ3) is 24.1. The van der Waals surface area contributed by atoms with E-state index in [0.717, 1.165) is 70.6 Å². The largest absolute Gasteiger partial charge is 0.397 e. The Hall–Kier alpha value is -1.42. The van der Waals surface area contributed by atoms with Gasteiger partial charge < -0.3 is 35.2 Å². The standard InChI is InChI=1S/C39H73NO11S/c1-3-5-7-9-11-13-15-16-17-18-19-21-23-25-27-29-35(43)40-32(33(42)28-26-24-22-20-14-12-10-8-6-4-2)31-49-39-37(45)38(51-52(46,47)48)36(44)34(30-41)50-39/h11,13,15-16,32-34,36-39,41-42,44-45H,3-10,12,14,17-31H2,1-2H3,(H,40,43)(H,46,47,48)/b13-11-,16-15-. The highest BCUT2D eigenvalue weighted by Crippen LogP contribution is 2.26. The van der Waals surface area contributed by atoms with E-state index in [1.807, 2.05) is 0 Å². The molecule has 0 aliphatic carbocycles. The van der Waals surface area contributed by atoms with Crippen LogP contribution < -0.4 is 5.32 Å². The van der Waals surface area contributed by atoms with Crippen molar-refractivity contribution < 1.29 is 51.8 Å². The number of carbonyl (C=O) groups excluding carboxylic acids is 1. The van der Waals surface area contributed by atoms with Crippen LogP contribution in [0, 0.1) is 0 Å². The van der Waals surface area contributed by atoms with Gasteiger partial charge in [0.1, 0.15) is 24.4 Å². The van der Waals surface area contributed by atoms with E-state index >= 15 is 0 Å². The molecule has 12 nitrogen and oxygen atoms in total. The van der Waals surface area contributed by atoms with Crippen LogP contribution in [0.15, 0.2) is 24.3 Å². The van der Waals surface area contributed by atoms with Crippen LogP contribution in [0.25, 0.3) is 0 Å². The van der Waals surface area contributed by atoms with Gasteiger partial charge in [-0.1, -0.05) is 141 Å². The van der Waals surface area contributed by atoms with E-state index in [-0.39, 0.29) is 18.9 Å². The number of nitrogens with one attached hydrogen (secondary N) is 1. The molecule has 306 valence electrons. The summed E-state index contributed by atoms with van der Waals surface area (Å²) in [4.78, 5) is 12.9. The minimum atomic E-state index is -5.07. The SMILES string of the molecule is CCCCC/C=C\C=C/CCCCCCCCC(=O)NC(COC1OC(CO)C(O)C(OS(=O)(=O)O)C1O)C(O)CCCCCCCCCCCC. The van der Waals surface area contributed by atoms with Crippen LogP contribution in [-0.2, 0) is 28.9 Å². The zero-order valence-corrected chi connectivity index (χ0v) is 32.9. The van der Waals surface area contributed by atoms with Gasteiger partial charge in [-0.15, -0.1) is 0 Å². The maximum absolute atomic E-state index is 12.9. The molecule has 1 saturated heterocycles. The molecular weight excluding hydrogens is 690 g/mol. The van der Waals surface area contributed by atoms with Gasteiger partial charge in [0, 0.05) is 6.42 Å². The number of aliphatic hydroxyl groups is 4. The molecule has 1 rings (SSSR count). The highest BCUT2D eigenvalue weighted by molar-refractivity contribution is 7.80. The molecule has 52 heavy (non-hydrogen) atoms. The van der Waals surface area contributed by atoms with Gasteiger partial charge in [-0.2, -0.15) is 8.42 Å². The molecule has 7 unspecified atom stereocenters. The van der Waals surface area contributed by atoms with Gasteiger partial charge >= 0.3 is 10.4 Å². The normalized spacial score (nSPS) is 22.3. The Balaban J connectivity index is 2.58. The van der Waals surface area contributed by atoms with E-state index in [2.05, 4.69) is 47.7 Å². The highest BCUT2D eigenvalue weighted by atomic mass is 32.3. The van der Waals surface area contributed by atoms with Crippen LogP contribution in [0.5, 0.6) is 0 Å². The number of carbonyl (C=O) groups is 1. The summed E-state index contributed by atoms with van der Waals surface area (Å²) < 4.78 is 47.4. The summed E-state index contributed by atoms with van der Waals surface area (Å²) in [5, 5.41) is 44.6. The Morgan fingerprint density at radius 1 is 0.769 bits per heavy atom. The van der Waals surface area contributed by atoms with Crippen LogP contribution in [0.2, 0.25) is 0 Å². The zero-order valence-electron chi connectivity index (χ0n) is 32.1. The van der Waals surface area contributed by atoms with Gasteiger partial charge in [0.25, 0.3) is 0 Å². The molecule has 0 aromatic carbocycles. The van der Waals surface area contributed by atoms with Crippen molar-refractivity contribution in [2.45, 2.75) is 204 Å². The average Bonchev–Trinajstić information content (AvgIpc) is 3.11. The molecule has 1 fully saturated rings. The second kappa shape index (κ2) is 30.9. The van der Waals surface area contributed by atoms with Crippen molar-refractivity contribution >= 4 is 16.3 Å². The fourth-order valence-corrected chi connectivity index (χ4v) is 6.84. The van der Waals surface area contributed by atoms with Crippen LogP contribution in [-0.4, -0.2) is 95.4 Å². The lowest BCUT2D eigenvalue weighted by Gasteiger charge is -2.41. The Labute approximate surface area is 314 Å². The van der Waals surface area contributed by atoms with Gasteiger partial charge in [-0.3, -0.25) is 9.35 Å². The van der Waals surface area contributed by atoms with Gasteiger partial charge in [0.15, 0.2) is 6.29 Å². The van der Waals surface area contributed by atoms with E-state index in [4.69, 9.17) is 14.0 Å². The molecule has 0 saturated carbocycles. The van der Waals surface area contributed by atoms with Gasteiger partial charge in [0.05, 0.1) is 25.4 Å². The lowest BCUT2D eigenvalue weighted by atomic mass is 9.99. The zero-order chi connectivity index (χ0) is 38.5. The second-order valence-electron chi connectivity index (χ2n) is 14.3. The summed E-state index contributed by atoms with van der Waals surface area (Å²) in [6.45, 7) is 3.36. The molecule has 7 atom stereocenters. The first-order chi connectivity index (χ1) is 25.0.